The number of carbonyl (C=O) groups is 1. The van der Waals surface area contributed by atoms with Crippen LogP contribution in [0.25, 0.3) is 0 Å². The van der Waals surface area contributed by atoms with E-state index in [1.54, 1.807) is 20.2 Å². The van der Waals surface area contributed by atoms with E-state index in [0.717, 1.165) is 30.6 Å². The molecule has 25 heavy (non-hydrogen) atoms. The van der Waals surface area contributed by atoms with Gasteiger partial charge in [-0.2, -0.15) is 0 Å². The van der Waals surface area contributed by atoms with E-state index < -0.39 is 0 Å². The van der Waals surface area contributed by atoms with Crippen LogP contribution in [0.15, 0.2) is 30.7 Å². The molecule has 1 aromatic heterocycles. The molecule has 1 unspecified atom stereocenters. The highest BCUT2D eigenvalue weighted by atomic mass is 16.5. The van der Waals surface area contributed by atoms with Gasteiger partial charge in [-0.25, -0.2) is 9.97 Å². The Hall–Kier alpha value is -2.63. The van der Waals surface area contributed by atoms with Gasteiger partial charge in [-0.1, -0.05) is 6.07 Å². The quantitative estimate of drug-likeness (QED) is 0.814. The smallest absolute Gasteiger partial charge is 0.310 e. The normalized spacial score (nSPS) is 16.0. The molecule has 3 rings (SSSR count). The molecule has 1 N–H and O–H groups in total. The summed E-state index contributed by atoms with van der Waals surface area (Å²) < 4.78 is 10.4. The lowest BCUT2D eigenvalue weighted by molar-refractivity contribution is -0.142. The summed E-state index contributed by atoms with van der Waals surface area (Å²) in [7, 11) is 1.68. The van der Waals surface area contributed by atoms with Crippen molar-refractivity contribution in [2.75, 3.05) is 19.0 Å². The lowest BCUT2D eigenvalue weighted by atomic mass is 9.87. The number of aryl methyl sites for hydroxylation is 1. The number of hydrogen-bond acceptors (Lipinski definition) is 6. The third kappa shape index (κ3) is 4.07. The number of esters is 1. The van der Waals surface area contributed by atoms with E-state index in [0.29, 0.717) is 12.4 Å². The molecule has 6 heteroatoms. The largest absolute Gasteiger partial charge is 0.497 e. The highest BCUT2D eigenvalue weighted by molar-refractivity contribution is 5.74. The maximum absolute atomic E-state index is 11.8. The summed E-state index contributed by atoms with van der Waals surface area (Å²) in [6, 6.07) is 6.34. The second-order valence-electron chi connectivity index (χ2n) is 6.03. The standard InChI is InChI=1S/C19H23N3O3/c1-3-25-18(23)9-14-11-20-12-21-19(14)22-17-6-4-5-13-7-8-15(24-2)10-16(13)17/h7-8,10-12,17H,3-6,9H2,1-2H3,(H,20,21,22). The van der Waals surface area contributed by atoms with Crippen molar-refractivity contribution in [2.24, 2.45) is 0 Å². The number of hydrogen-bond donors (Lipinski definition) is 1. The third-order valence-electron chi connectivity index (χ3n) is 4.41. The number of ether oxygens (including phenoxy) is 2. The van der Waals surface area contributed by atoms with Gasteiger partial charge in [0.15, 0.2) is 0 Å². The van der Waals surface area contributed by atoms with Crippen LogP contribution in [-0.2, 0) is 22.4 Å². The molecule has 0 fully saturated rings. The van der Waals surface area contributed by atoms with Crippen molar-refractivity contribution in [1.82, 2.24) is 9.97 Å². The molecular formula is C19H23N3O3. The van der Waals surface area contributed by atoms with Crippen LogP contribution in [0, 0.1) is 0 Å². The molecular weight excluding hydrogens is 318 g/mol. The second-order valence-corrected chi connectivity index (χ2v) is 6.03. The van der Waals surface area contributed by atoms with Crippen molar-refractivity contribution >= 4 is 11.8 Å². The molecule has 132 valence electrons. The summed E-state index contributed by atoms with van der Waals surface area (Å²) in [5, 5.41) is 3.49. The first-order chi connectivity index (χ1) is 12.2. The molecule has 0 bridgehead atoms. The number of nitrogens with one attached hydrogen (secondary N) is 1. The van der Waals surface area contributed by atoms with Gasteiger partial charge in [0, 0.05) is 11.8 Å². The molecule has 1 aromatic carbocycles. The van der Waals surface area contributed by atoms with Gasteiger partial charge in [-0.3, -0.25) is 4.79 Å². The molecule has 0 radical (unpaired) electrons. The molecule has 1 aliphatic rings. The Morgan fingerprint density at radius 3 is 3.08 bits per heavy atom. The number of benzene rings is 1. The number of aromatic nitrogens is 2. The van der Waals surface area contributed by atoms with Crippen molar-refractivity contribution < 1.29 is 14.3 Å². The van der Waals surface area contributed by atoms with Crippen molar-refractivity contribution in [2.45, 2.75) is 38.6 Å². The molecule has 0 saturated carbocycles. The van der Waals surface area contributed by atoms with Gasteiger partial charge in [0.2, 0.25) is 0 Å². The van der Waals surface area contributed by atoms with Crippen molar-refractivity contribution in [1.29, 1.82) is 0 Å². The molecule has 0 saturated heterocycles. The Labute approximate surface area is 147 Å². The van der Waals surface area contributed by atoms with Crippen molar-refractivity contribution in [3.05, 3.63) is 47.4 Å². The Morgan fingerprint density at radius 2 is 2.28 bits per heavy atom. The summed E-state index contributed by atoms with van der Waals surface area (Å²) in [6.45, 7) is 2.16. The summed E-state index contributed by atoms with van der Waals surface area (Å²) in [5.74, 6) is 1.26. The third-order valence-corrected chi connectivity index (χ3v) is 4.41. The first kappa shape index (κ1) is 17.2. The molecule has 1 aliphatic carbocycles. The maximum Gasteiger partial charge on any atom is 0.310 e. The lowest BCUT2D eigenvalue weighted by Gasteiger charge is -2.28. The number of methoxy groups -OCH3 is 1. The highest BCUT2D eigenvalue weighted by Gasteiger charge is 2.22. The topological polar surface area (TPSA) is 73.3 Å². The van der Waals surface area contributed by atoms with Crippen LogP contribution in [0.1, 0.15) is 42.5 Å². The zero-order valence-corrected chi connectivity index (χ0v) is 14.6. The van der Waals surface area contributed by atoms with Gasteiger partial charge in [0.1, 0.15) is 17.9 Å². The average Bonchev–Trinajstić information content (AvgIpc) is 2.63. The molecule has 2 aromatic rings. The Morgan fingerprint density at radius 1 is 1.40 bits per heavy atom. The summed E-state index contributed by atoms with van der Waals surface area (Å²) >= 11 is 0. The van der Waals surface area contributed by atoms with Crippen LogP contribution in [0.3, 0.4) is 0 Å². The van der Waals surface area contributed by atoms with Gasteiger partial charge in [0.25, 0.3) is 0 Å². The Balaban J connectivity index is 1.83. The van der Waals surface area contributed by atoms with Gasteiger partial charge in [-0.15, -0.1) is 0 Å². The van der Waals surface area contributed by atoms with E-state index in [-0.39, 0.29) is 18.4 Å². The molecule has 0 aliphatic heterocycles. The minimum absolute atomic E-state index is 0.134. The average molecular weight is 341 g/mol. The van der Waals surface area contributed by atoms with Crippen LogP contribution in [0.2, 0.25) is 0 Å². The first-order valence-electron chi connectivity index (χ1n) is 8.59. The van der Waals surface area contributed by atoms with Gasteiger partial charge in [0.05, 0.1) is 26.2 Å². The fourth-order valence-electron chi connectivity index (χ4n) is 3.20. The molecule has 0 amide bonds. The number of anilines is 1. The molecule has 1 atom stereocenters. The predicted molar refractivity (Wildman–Crippen MR) is 94.7 cm³/mol. The van der Waals surface area contributed by atoms with Crippen molar-refractivity contribution in [3.8, 4) is 5.75 Å². The van der Waals surface area contributed by atoms with Crippen LogP contribution in [-0.4, -0.2) is 29.7 Å². The van der Waals surface area contributed by atoms with E-state index in [9.17, 15) is 4.79 Å². The van der Waals surface area contributed by atoms with Gasteiger partial charge in [-0.05, 0) is 49.4 Å². The van der Waals surface area contributed by atoms with Crippen LogP contribution in [0.4, 0.5) is 5.82 Å². The minimum atomic E-state index is -0.272. The summed E-state index contributed by atoms with van der Waals surface area (Å²) in [6.07, 6.45) is 6.50. The van der Waals surface area contributed by atoms with E-state index in [1.165, 1.54) is 17.5 Å². The summed E-state index contributed by atoms with van der Waals surface area (Å²) in [5.41, 5.74) is 3.30. The van der Waals surface area contributed by atoms with E-state index in [2.05, 4.69) is 27.4 Å². The zero-order chi connectivity index (χ0) is 17.6. The summed E-state index contributed by atoms with van der Waals surface area (Å²) in [4.78, 5) is 20.2. The number of fused-ring (bicyclic) bond motifs is 1. The van der Waals surface area contributed by atoms with E-state index in [1.807, 2.05) is 6.07 Å². The predicted octanol–water partition coefficient (Wildman–Crippen LogP) is 3.08. The number of nitrogens with zero attached hydrogens (tertiary/aromatic N) is 2. The van der Waals surface area contributed by atoms with E-state index in [4.69, 9.17) is 9.47 Å². The number of rotatable bonds is 6. The molecule has 0 spiro atoms. The van der Waals surface area contributed by atoms with Crippen LogP contribution in [0.5, 0.6) is 5.75 Å². The maximum atomic E-state index is 11.8. The first-order valence-corrected chi connectivity index (χ1v) is 8.59. The van der Waals surface area contributed by atoms with Gasteiger partial charge < -0.3 is 14.8 Å². The fourth-order valence-corrected chi connectivity index (χ4v) is 3.20. The second kappa shape index (κ2) is 7.96. The number of carbonyl (C=O) groups excluding carboxylic acids is 1. The minimum Gasteiger partial charge on any atom is -0.497 e. The SMILES string of the molecule is CCOC(=O)Cc1cncnc1NC1CCCc2ccc(OC)cc21. The molecule has 1 heterocycles. The Kier molecular flexibility index (Phi) is 5.48. The van der Waals surface area contributed by atoms with Crippen molar-refractivity contribution in [3.63, 3.8) is 0 Å². The lowest BCUT2D eigenvalue weighted by Crippen LogP contribution is -2.20. The Bertz CT molecular complexity index is 748. The van der Waals surface area contributed by atoms with Crippen LogP contribution < -0.4 is 10.1 Å². The van der Waals surface area contributed by atoms with Crippen LogP contribution >= 0.6 is 0 Å². The van der Waals surface area contributed by atoms with Gasteiger partial charge >= 0.3 is 5.97 Å². The molecule has 6 nitrogen and oxygen atoms in total. The highest BCUT2D eigenvalue weighted by Crippen LogP contribution is 2.35. The monoisotopic (exact) mass is 341 g/mol. The van der Waals surface area contributed by atoms with E-state index >= 15 is 0 Å². The fraction of sp³-hybridized carbons (Fsp3) is 0.421. The zero-order valence-electron chi connectivity index (χ0n) is 14.6.